The molecule has 1 aliphatic rings. The van der Waals surface area contributed by atoms with Gasteiger partial charge in [-0.15, -0.1) is 0 Å². The summed E-state index contributed by atoms with van der Waals surface area (Å²) in [6.45, 7) is 4.01. The van der Waals surface area contributed by atoms with Crippen LogP contribution in [0.4, 0.5) is 0 Å². The van der Waals surface area contributed by atoms with E-state index in [2.05, 4.69) is 41.6 Å². The van der Waals surface area contributed by atoms with Crippen molar-refractivity contribution in [2.75, 3.05) is 13.2 Å². The summed E-state index contributed by atoms with van der Waals surface area (Å²) in [5.74, 6) is 1.06. The van der Waals surface area contributed by atoms with Gasteiger partial charge in [-0.1, -0.05) is 19.1 Å². The summed E-state index contributed by atoms with van der Waals surface area (Å²) in [5.41, 5.74) is 3.98. The third kappa shape index (κ3) is 3.10. The molecule has 1 aromatic heterocycles. The highest BCUT2D eigenvalue weighted by Crippen LogP contribution is 2.29. The maximum atomic E-state index is 5.58. The number of aromatic nitrogens is 2. The fourth-order valence-electron chi connectivity index (χ4n) is 2.94. The van der Waals surface area contributed by atoms with E-state index in [9.17, 15) is 0 Å². The van der Waals surface area contributed by atoms with Gasteiger partial charge in [0.25, 0.3) is 0 Å². The maximum absolute atomic E-state index is 5.58. The van der Waals surface area contributed by atoms with Crippen LogP contribution >= 0.6 is 0 Å². The molecule has 1 N–H and O–H groups in total. The Labute approximate surface area is 126 Å². The van der Waals surface area contributed by atoms with Crippen LogP contribution in [0, 0.1) is 0 Å². The Bertz CT molecular complexity index is 606. The van der Waals surface area contributed by atoms with Crippen molar-refractivity contribution in [2.24, 2.45) is 7.05 Å². The monoisotopic (exact) mass is 285 g/mol. The van der Waals surface area contributed by atoms with Gasteiger partial charge in [-0.2, -0.15) is 5.10 Å². The molecule has 21 heavy (non-hydrogen) atoms. The van der Waals surface area contributed by atoms with Gasteiger partial charge in [0.1, 0.15) is 5.75 Å². The molecule has 2 aromatic rings. The van der Waals surface area contributed by atoms with Crippen LogP contribution < -0.4 is 10.1 Å². The van der Waals surface area contributed by atoms with Crippen LogP contribution in [0.1, 0.15) is 36.2 Å². The summed E-state index contributed by atoms with van der Waals surface area (Å²) in [7, 11) is 1.99. The number of aryl methyl sites for hydroxylation is 1. The molecule has 1 atom stereocenters. The molecule has 0 spiro atoms. The molecule has 1 aromatic carbocycles. The normalized spacial score (nSPS) is 14.8. The number of fused-ring (bicyclic) bond motifs is 1. The topological polar surface area (TPSA) is 39.1 Å². The Kier molecular flexibility index (Phi) is 4.25. The van der Waals surface area contributed by atoms with Crippen molar-refractivity contribution >= 4 is 0 Å². The molecule has 1 unspecified atom stereocenters. The molecule has 0 saturated heterocycles. The second kappa shape index (κ2) is 6.31. The van der Waals surface area contributed by atoms with Crippen molar-refractivity contribution in [2.45, 2.75) is 32.2 Å². The first-order valence-corrected chi connectivity index (χ1v) is 7.74. The highest BCUT2D eigenvalue weighted by molar-refractivity contribution is 5.40. The minimum absolute atomic E-state index is 0.407. The third-order valence-corrected chi connectivity index (χ3v) is 4.22. The zero-order valence-corrected chi connectivity index (χ0v) is 12.8. The van der Waals surface area contributed by atoms with Crippen LogP contribution in [0.2, 0.25) is 0 Å². The van der Waals surface area contributed by atoms with Gasteiger partial charge in [-0.05, 0) is 29.7 Å². The number of rotatable bonds is 6. The van der Waals surface area contributed by atoms with E-state index in [-0.39, 0.29) is 0 Å². The first-order valence-electron chi connectivity index (χ1n) is 7.74. The summed E-state index contributed by atoms with van der Waals surface area (Å²) >= 11 is 0. The number of hydrogen-bond acceptors (Lipinski definition) is 3. The summed E-state index contributed by atoms with van der Waals surface area (Å²) in [5, 5.41) is 7.87. The molecule has 0 radical (unpaired) electrons. The minimum Gasteiger partial charge on any atom is -0.493 e. The van der Waals surface area contributed by atoms with E-state index in [0.29, 0.717) is 6.04 Å². The Morgan fingerprint density at radius 1 is 1.38 bits per heavy atom. The molecule has 2 heterocycles. The summed E-state index contributed by atoms with van der Waals surface area (Å²) < 4.78 is 7.52. The quantitative estimate of drug-likeness (QED) is 0.887. The van der Waals surface area contributed by atoms with Crippen molar-refractivity contribution < 1.29 is 4.74 Å². The molecule has 1 aliphatic heterocycles. The first kappa shape index (κ1) is 14.1. The molecule has 3 rings (SSSR count). The van der Waals surface area contributed by atoms with E-state index in [1.165, 1.54) is 16.8 Å². The van der Waals surface area contributed by atoms with Crippen LogP contribution in [0.3, 0.4) is 0 Å². The lowest BCUT2D eigenvalue weighted by Gasteiger charge is -2.18. The van der Waals surface area contributed by atoms with Crippen LogP contribution in [-0.4, -0.2) is 22.9 Å². The second-order valence-electron chi connectivity index (χ2n) is 5.58. The SMILES string of the molecule is CCC(NCCc1ccnn1C)c1ccc2c(c1)CCO2. The number of benzene rings is 1. The Morgan fingerprint density at radius 2 is 2.29 bits per heavy atom. The molecular weight excluding hydrogens is 262 g/mol. The smallest absolute Gasteiger partial charge is 0.122 e. The van der Waals surface area contributed by atoms with Crippen LogP contribution in [-0.2, 0) is 19.9 Å². The second-order valence-corrected chi connectivity index (χ2v) is 5.58. The highest BCUT2D eigenvalue weighted by Gasteiger charge is 2.15. The molecule has 0 aliphatic carbocycles. The number of nitrogens with zero attached hydrogens (tertiary/aromatic N) is 2. The molecule has 112 valence electrons. The van der Waals surface area contributed by atoms with Gasteiger partial charge in [-0.3, -0.25) is 4.68 Å². The number of nitrogens with one attached hydrogen (secondary N) is 1. The lowest BCUT2D eigenvalue weighted by atomic mass is 10.0. The van der Waals surface area contributed by atoms with Gasteiger partial charge in [0.2, 0.25) is 0 Å². The molecule has 0 fully saturated rings. The first-order chi connectivity index (χ1) is 10.3. The van der Waals surface area contributed by atoms with Crippen LogP contribution in [0.15, 0.2) is 30.5 Å². The van der Waals surface area contributed by atoms with Crippen LogP contribution in [0.25, 0.3) is 0 Å². The predicted molar refractivity (Wildman–Crippen MR) is 83.6 cm³/mol. The Hall–Kier alpha value is -1.81. The predicted octanol–water partition coefficient (Wildman–Crippen LogP) is 2.64. The highest BCUT2D eigenvalue weighted by atomic mass is 16.5. The van der Waals surface area contributed by atoms with Gasteiger partial charge in [0, 0.05) is 44.4 Å². The molecule has 0 saturated carbocycles. The Morgan fingerprint density at radius 3 is 3.05 bits per heavy atom. The summed E-state index contributed by atoms with van der Waals surface area (Å²) in [4.78, 5) is 0. The van der Waals surface area contributed by atoms with Gasteiger partial charge in [0.15, 0.2) is 0 Å². The van der Waals surface area contributed by atoms with Gasteiger partial charge in [0.05, 0.1) is 6.61 Å². The van der Waals surface area contributed by atoms with E-state index < -0.39 is 0 Å². The number of hydrogen-bond donors (Lipinski definition) is 1. The maximum Gasteiger partial charge on any atom is 0.122 e. The number of ether oxygens (including phenoxy) is 1. The molecular formula is C17H23N3O. The van der Waals surface area contributed by atoms with E-state index in [0.717, 1.165) is 38.2 Å². The summed E-state index contributed by atoms with van der Waals surface area (Å²) in [6.07, 6.45) is 4.98. The largest absolute Gasteiger partial charge is 0.493 e. The van der Waals surface area contributed by atoms with Crippen molar-refractivity contribution in [3.63, 3.8) is 0 Å². The molecule has 4 heteroatoms. The van der Waals surface area contributed by atoms with Crippen molar-refractivity contribution in [3.8, 4) is 5.75 Å². The minimum atomic E-state index is 0.407. The zero-order valence-electron chi connectivity index (χ0n) is 12.8. The average Bonchev–Trinajstić information content (AvgIpc) is 3.12. The standard InChI is InChI=1S/C17H23N3O/c1-3-16(18-9-6-15-7-10-19-20(15)2)13-4-5-17-14(12-13)8-11-21-17/h4-5,7,10,12,16,18H,3,6,8-9,11H2,1-2H3. The molecule has 0 amide bonds. The van der Waals surface area contributed by atoms with E-state index >= 15 is 0 Å². The van der Waals surface area contributed by atoms with Gasteiger partial charge in [-0.25, -0.2) is 0 Å². The van der Waals surface area contributed by atoms with Crippen molar-refractivity contribution in [1.82, 2.24) is 15.1 Å². The average molecular weight is 285 g/mol. The van der Waals surface area contributed by atoms with E-state index in [4.69, 9.17) is 4.74 Å². The zero-order chi connectivity index (χ0) is 14.7. The molecule has 4 nitrogen and oxygen atoms in total. The third-order valence-electron chi connectivity index (χ3n) is 4.22. The fourth-order valence-corrected chi connectivity index (χ4v) is 2.94. The lowest BCUT2D eigenvalue weighted by molar-refractivity contribution is 0.356. The van der Waals surface area contributed by atoms with E-state index in [1.807, 2.05) is 17.9 Å². The van der Waals surface area contributed by atoms with Crippen molar-refractivity contribution in [1.29, 1.82) is 0 Å². The van der Waals surface area contributed by atoms with Gasteiger partial charge >= 0.3 is 0 Å². The molecule has 0 bridgehead atoms. The Balaban J connectivity index is 1.61. The lowest BCUT2D eigenvalue weighted by Crippen LogP contribution is -2.24. The van der Waals surface area contributed by atoms with E-state index in [1.54, 1.807) is 0 Å². The van der Waals surface area contributed by atoms with Crippen molar-refractivity contribution in [3.05, 3.63) is 47.3 Å². The van der Waals surface area contributed by atoms with Gasteiger partial charge < -0.3 is 10.1 Å². The fraction of sp³-hybridized carbons (Fsp3) is 0.471. The van der Waals surface area contributed by atoms with Crippen LogP contribution in [0.5, 0.6) is 5.75 Å². The summed E-state index contributed by atoms with van der Waals surface area (Å²) in [6, 6.07) is 9.09.